The molecule has 1 amide bonds. The number of rotatable bonds is 4. The molecule has 1 atom stereocenters. The second-order valence-corrected chi connectivity index (χ2v) is 4.50. The number of halogens is 2. The number of hydrogen-bond acceptors (Lipinski definition) is 3. The summed E-state index contributed by atoms with van der Waals surface area (Å²) in [6.45, 7) is 1.31. The molecule has 0 fully saturated rings. The normalized spacial score (nSPS) is 11.6. The SMILES string of the molecule is CC(OC(=O)c1c(F)cccc1F)C(=O)Nc1ccccc1. The largest absolute Gasteiger partial charge is 0.449 e. The van der Waals surface area contributed by atoms with E-state index in [0.29, 0.717) is 5.69 Å². The average molecular weight is 305 g/mol. The van der Waals surface area contributed by atoms with Crippen molar-refractivity contribution in [2.45, 2.75) is 13.0 Å². The van der Waals surface area contributed by atoms with E-state index in [0.717, 1.165) is 18.2 Å². The Labute approximate surface area is 125 Å². The quantitative estimate of drug-likeness (QED) is 0.883. The van der Waals surface area contributed by atoms with E-state index in [9.17, 15) is 18.4 Å². The molecule has 1 unspecified atom stereocenters. The van der Waals surface area contributed by atoms with Gasteiger partial charge < -0.3 is 10.1 Å². The predicted molar refractivity (Wildman–Crippen MR) is 76.3 cm³/mol. The van der Waals surface area contributed by atoms with Crippen LogP contribution in [0.25, 0.3) is 0 Å². The van der Waals surface area contributed by atoms with Crippen LogP contribution in [0.5, 0.6) is 0 Å². The molecule has 0 saturated heterocycles. The van der Waals surface area contributed by atoms with Crippen molar-refractivity contribution in [1.82, 2.24) is 0 Å². The van der Waals surface area contributed by atoms with E-state index in [2.05, 4.69) is 5.32 Å². The standard InChI is InChI=1S/C16H13F2NO3/c1-10(15(20)19-11-6-3-2-4-7-11)22-16(21)14-12(17)8-5-9-13(14)18/h2-10H,1H3,(H,19,20). The molecule has 114 valence electrons. The van der Waals surface area contributed by atoms with Crippen LogP contribution in [0.2, 0.25) is 0 Å². The van der Waals surface area contributed by atoms with E-state index in [4.69, 9.17) is 4.74 Å². The highest BCUT2D eigenvalue weighted by molar-refractivity contribution is 5.97. The molecule has 6 heteroatoms. The van der Waals surface area contributed by atoms with Crippen molar-refractivity contribution in [2.24, 2.45) is 0 Å². The second kappa shape index (κ2) is 6.80. The molecule has 0 spiro atoms. The van der Waals surface area contributed by atoms with Crippen molar-refractivity contribution >= 4 is 17.6 Å². The zero-order valence-electron chi connectivity index (χ0n) is 11.7. The minimum Gasteiger partial charge on any atom is -0.449 e. The average Bonchev–Trinajstić information content (AvgIpc) is 2.48. The fourth-order valence-electron chi connectivity index (χ4n) is 1.73. The number of para-hydroxylation sites is 1. The van der Waals surface area contributed by atoms with Gasteiger partial charge in [-0.05, 0) is 31.2 Å². The summed E-state index contributed by atoms with van der Waals surface area (Å²) in [5, 5.41) is 2.52. The molecule has 4 nitrogen and oxygen atoms in total. The fraction of sp³-hybridized carbons (Fsp3) is 0.125. The molecular weight excluding hydrogens is 292 g/mol. The van der Waals surface area contributed by atoms with Crippen molar-refractivity contribution in [3.8, 4) is 0 Å². The smallest absolute Gasteiger partial charge is 0.344 e. The number of carbonyl (C=O) groups is 2. The van der Waals surface area contributed by atoms with Crippen LogP contribution in [0.15, 0.2) is 48.5 Å². The van der Waals surface area contributed by atoms with Gasteiger partial charge in [-0.3, -0.25) is 4.79 Å². The summed E-state index contributed by atoms with van der Waals surface area (Å²) in [4.78, 5) is 23.6. The van der Waals surface area contributed by atoms with Gasteiger partial charge in [0.05, 0.1) is 0 Å². The first-order valence-corrected chi connectivity index (χ1v) is 6.50. The second-order valence-electron chi connectivity index (χ2n) is 4.50. The van der Waals surface area contributed by atoms with Crippen LogP contribution in [-0.2, 0) is 9.53 Å². The number of hydrogen-bond donors (Lipinski definition) is 1. The van der Waals surface area contributed by atoms with Crippen LogP contribution < -0.4 is 5.32 Å². The minimum absolute atomic E-state index is 0.521. The monoisotopic (exact) mass is 305 g/mol. The lowest BCUT2D eigenvalue weighted by Gasteiger charge is -2.14. The molecule has 22 heavy (non-hydrogen) atoms. The van der Waals surface area contributed by atoms with Gasteiger partial charge in [0, 0.05) is 5.69 Å². The Bertz CT molecular complexity index is 669. The Morgan fingerprint density at radius 1 is 1.00 bits per heavy atom. The molecule has 0 saturated carbocycles. The molecule has 2 aromatic rings. The molecule has 0 aliphatic rings. The van der Waals surface area contributed by atoms with E-state index in [1.807, 2.05) is 0 Å². The predicted octanol–water partition coefficient (Wildman–Crippen LogP) is 3.15. The summed E-state index contributed by atoms with van der Waals surface area (Å²) in [5.41, 5.74) is -0.297. The molecule has 0 aliphatic carbocycles. The Hall–Kier alpha value is -2.76. The third-order valence-corrected chi connectivity index (χ3v) is 2.86. The van der Waals surface area contributed by atoms with Crippen LogP contribution in [0.3, 0.4) is 0 Å². The van der Waals surface area contributed by atoms with Gasteiger partial charge in [-0.2, -0.15) is 0 Å². The number of esters is 1. The van der Waals surface area contributed by atoms with Crippen LogP contribution in [0.1, 0.15) is 17.3 Å². The van der Waals surface area contributed by atoms with E-state index in [1.165, 1.54) is 6.92 Å². The molecular formula is C16H13F2NO3. The number of amides is 1. The van der Waals surface area contributed by atoms with E-state index in [-0.39, 0.29) is 0 Å². The van der Waals surface area contributed by atoms with E-state index < -0.39 is 35.2 Å². The first-order chi connectivity index (χ1) is 10.5. The third kappa shape index (κ3) is 3.66. The van der Waals surface area contributed by atoms with Gasteiger partial charge in [-0.25, -0.2) is 13.6 Å². The highest BCUT2D eigenvalue weighted by Crippen LogP contribution is 2.15. The van der Waals surface area contributed by atoms with Crippen LogP contribution in [-0.4, -0.2) is 18.0 Å². The first kappa shape index (κ1) is 15.6. The van der Waals surface area contributed by atoms with Gasteiger partial charge in [0.25, 0.3) is 5.91 Å². The Kier molecular flexibility index (Phi) is 4.83. The van der Waals surface area contributed by atoms with Crippen molar-refractivity contribution in [2.75, 3.05) is 5.32 Å². The Morgan fingerprint density at radius 3 is 2.18 bits per heavy atom. The molecule has 0 bridgehead atoms. The fourth-order valence-corrected chi connectivity index (χ4v) is 1.73. The van der Waals surface area contributed by atoms with Crippen molar-refractivity contribution < 1.29 is 23.1 Å². The van der Waals surface area contributed by atoms with Gasteiger partial charge in [-0.1, -0.05) is 24.3 Å². The van der Waals surface area contributed by atoms with Crippen LogP contribution in [0, 0.1) is 11.6 Å². The molecule has 0 heterocycles. The van der Waals surface area contributed by atoms with Gasteiger partial charge >= 0.3 is 5.97 Å². The lowest BCUT2D eigenvalue weighted by atomic mass is 10.2. The maximum Gasteiger partial charge on any atom is 0.344 e. The Balaban J connectivity index is 2.03. The molecule has 2 aromatic carbocycles. The maximum absolute atomic E-state index is 13.5. The number of ether oxygens (including phenoxy) is 1. The molecule has 1 N–H and O–H groups in total. The summed E-state index contributed by atoms with van der Waals surface area (Å²) in [7, 11) is 0. The minimum atomic E-state index is -1.23. The van der Waals surface area contributed by atoms with Gasteiger partial charge in [0.1, 0.15) is 17.2 Å². The molecule has 2 rings (SSSR count). The lowest BCUT2D eigenvalue weighted by Crippen LogP contribution is -2.30. The summed E-state index contributed by atoms with van der Waals surface area (Å²) in [6.07, 6.45) is -1.20. The third-order valence-electron chi connectivity index (χ3n) is 2.86. The van der Waals surface area contributed by atoms with Crippen LogP contribution in [0.4, 0.5) is 14.5 Å². The number of carbonyl (C=O) groups excluding carboxylic acids is 2. The summed E-state index contributed by atoms with van der Waals surface area (Å²) >= 11 is 0. The summed E-state index contributed by atoms with van der Waals surface area (Å²) < 4.78 is 31.7. The Morgan fingerprint density at radius 2 is 1.59 bits per heavy atom. The van der Waals surface area contributed by atoms with Gasteiger partial charge in [0.2, 0.25) is 0 Å². The van der Waals surface area contributed by atoms with Crippen molar-refractivity contribution in [1.29, 1.82) is 0 Å². The van der Waals surface area contributed by atoms with Gasteiger partial charge in [-0.15, -0.1) is 0 Å². The lowest BCUT2D eigenvalue weighted by molar-refractivity contribution is -0.123. The summed E-state index contributed by atoms with van der Waals surface area (Å²) in [5.74, 6) is -3.91. The highest BCUT2D eigenvalue weighted by atomic mass is 19.1. The van der Waals surface area contributed by atoms with Crippen molar-refractivity contribution in [3.63, 3.8) is 0 Å². The topological polar surface area (TPSA) is 55.4 Å². The zero-order valence-corrected chi connectivity index (χ0v) is 11.7. The molecule has 0 aromatic heterocycles. The highest BCUT2D eigenvalue weighted by Gasteiger charge is 2.23. The van der Waals surface area contributed by atoms with Crippen LogP contribution >= 0.6 is 0 Å². The van der Waals surface area contributed by atoms with E-state index >= 15 is 0 Å². The molecule has 0 aliphatic heterocycles. The summed E-state index contributed by atoms with van der Waals surface area (Å²) in [6, 6.07) is 11.5. The first-order valence-electron chi connectivity index (χ1n) is 6.50. The van der Waals surface area contributed by atoms with E-state index in [1.54, 1.807) is 30.3 Å². The maximum atomic E-state index is 13.5. The number of nitrogens with one attached hydrogen (secondary N) is 1. The van der Waals surface area contributed by atoms with Gasteiger partial charge in [0.15, 0.2) is 6.10 Å². The number of anilines is 1. The number of benzene rings is 2. The van der Waals surface area contributed by atoms with Crippen molar-refractivity contribution in [3.05, 3.63) is 65.7 Å². The molecule has 0 radical (unpaired) electrons. The zero-order chi connectivity index (χ0) is 16.1.